The molecule has 26 heavy (non-hydrogen) atoms. The van der Waals surface area contributed by atoms with Gasteiger partial charge in [-0.05, 0) is 56.6 Å². The number of rotatable bonds is 7. The molecule has 0 aliphatic rings. The fourth-order valence-corrected chi connectivity index (χ4v) is 3.23. The van der Waals surface area contributed by atoms with Crippen molar-refractivity contribution in [2.24, 2.45) is 0 Å². The standard InChI is InChI=1S/C18H20N4O3S/c1-22(2)11-10-20-18(23)15-4-3-5-17(12-15)26(24,25)21-16-8-6-14(13-19)7-9-16/h3-9,12,21H,10-11H2,1-2H3,(H,20,23). The summed E-state index contributed by atoms with van der Waals surface area (Å²) in [6.45, 7) is 1.15. The predicted molar refractivity (Wildman–Crippen MR) is 99.3 cm³/mol. The molecule has 0 saturated carbocycles. The van der Waals surface area contributed by atoms with Crippen molar-refractivity contribution in [3.8, 4) is 6.07 Å². The predicted octanol–water partition coefficient (Wildman–Crippen LogP) is 1.65. The summed E-state index contributed by atoms with van der Waals surface area (Å²) in [5.74, 6) is -0.331. The quantitative estimate of drug-likeness (QED) is 0.769. The summed E-state index contributed by atoms with van der Waals surface area (Å²) in [5.41, 5.74) is 1.04. The Labute approximate surface area is 153 Å². The van der Waals surface area contributed by atoms with Gasteiger partial charge in [0, 0.05) is 24.3 Å². The van der Waals surface area contributed by atoms with Gasteiger partial charge in [-0.25, -0.2) is 8.42 Å². The van der Waals surface area contributed by atoms with Crippen molar-refractivity contribution in [2.75, 3.05) is 31.9 Å². The third-order valence-electron chi connectivity index (χ3n) is 3.52. The largest absolute Gasteiger partial charge is 0.351 e. The van der Waals surface area contributed by atoms with E-state index in [-0.39, 0.29) is 16.4 Å². The minimum atomic E-state index is -3.84. The fraction of sp³-hybridized carbons (Fsp3) is 0.222. The van der Waals surface area contributed by atoms with Crippen LogP contribution in [0.2, 0.25) is 0 Å². The number of nitrogens with zero attached hydrogens (tertiary/aromatic N) is 2. The molecule has 2 rings (SSSR count). The maximum absolute atomic E-state index is 12.5. The smallest absolute Gasteiger partial charge is 0.261 e. The highest BCUT2D eigenvalue weighted by atomic mass is 32.2. The second-order valence-corrected chi connectivity index (χ2v) is 7.56. The molecule has 0 radical (unpaired) electrons. The summed E-state index contributed by atoms with van der Waals surface area (Å²) in [5, 5.41) is 11.5. The Bertz CT molecular complexity index is 916. The van der Waals surface area contributed by atoms with Gasteiger partial charge in [-0.2, -0.15) is 5.26 Å². The van der Waals surface area contributed by atoms with Crippen molar-refractivity contribution in [1.82, 2.24) is 10.2 Å². The van der Waals surface area contributed by atoms with Crippen LogP contribution in [-0.2, 0) is 10.0 Å². The van der Waals surface area contributed by atoms with Gasteiger partial charge in [-0.3, -0.25) is 9.52 Å². The van der Waals surface area contributed by atoms with Gasteiger partial charge in [0.1, 0.15) is 0 Å². The molecule has 8 heteroatoms. The van der Waals surface area contributed by atoms with Crippen molar-refractivity contribution in [1.29, 1.82) is 5.26 Å². The van der Waals surface area contributed by atoms with E-state index >= 15 is 0 Å². The fourth-order valence-electron chi connectivity index (χ4n) is 2.13. The van der Waals surface area contributed by atoms with E-state index in [1.165, 1.54) is 42.5 Å². The van der Waals surface area contributed by atoms with Crippen molar-refractivity contribution >= 4 is 21.6 Å². The van der Waals surface area contributed by atoms with Crippen molar-refractivity contribution < 1.29 is 13.2 Å². The lowest BCUT2D eigenvalue weighted by molar-refractivity contribution is 0.0951. The van der Waals surface area contributed by atoms with Gasteiger partial charge in [0.15, 0.2) is 0 Å². The Hall–Kier alpha value is -2.89. The Morgan fingerprint density at radius 1 is 1.15 bits per heavy atom. The average Bonchev–Trinajstić information content (AvgIpc) is 2.62. The molecular formula is C18H20N4O3S. The monoisotopic (exact) mass is 372 g/mol. The minimum absolute atomic E-state index is 0.0119. The first kappa shape index (κ1) is 19.4. The number of amides is 1. The van der Waals surface area contributed by atoms with Gasteiger partial charge in [-0.15, -0.1) is 0 Å². The SMILES string of the molecule is CN(C)CCNC(=O)c1cccc(S(=O)(=O)Nc2ccc(C#N)cc2)c1. The molecule has 136 valence electrons. The zero-order valence-corrected chi connectivity index (χ0v) is 15.4. The van der Waals surface area contributed by atoms with Gasteiger partial charge >= 0.3 is 0 Å². The highest BCUT2D eigenvalue weighted by Gasteiger charge is 2.16. The zero-order chi connectivity index (χ0) is 19.2. The van der Waals surface area contributed by atoms with Crippen LogP contribution >= 0.6 is 0 Å². The molecule has 0 bridgehead atoms. The summed E-state index contributed by atoms with van der Waals surface area (Å²) < 4.78 is 27.5. The van der Waals surface area contributed by atoms with Gasteiger partial charge in [0.05, 0.1) is 16.5 Å². The molecule has 7 nitrogen and oxygen atoms in total. The molecule has 0 spiro atoms. The maximum Gasteiger partial charge on any atom is 0.261 e. The molecule has 0 aliphatic heterocycles. The number of carbonyl (C=O) groups excluding carboxylic acids is 1. The topological polar surface area (TPSA) is 102 Å². The minimum Gasteiger partial charge on any atom is -0.351 e. The van der Waals surface area contributed by atoms with E-state index in [9.17, 15) is 13.2 Å². The summed E-state index contributed by atoms with van der Waals surface area (Å²) in [6, 6.07) is 13.9. The van der Waals surface area contributed by atoms with E-state index in [2.05, 4.69) is 10.0 Å². The molecule has 1 amide bonds. The molecule has 0 atom stereocenters. The molecule has 2 aromatic rings. The number of sulfonamides is 1. The first-order chi connectivity index (χ1) is 12.3. The van der Waals surface area contributed by atoms with Crippen LogP contribution in [0.15, 0.2) is 53.4 Å². The van der Waals surface area contributed by atoms with Crippen LogP contribution in [0.4, 0.5) is 5.69 Å². The lowest BCUT2D eigenvalue weighted by Crippen LogP contribution is -2.31. The van der Waals surface area contributed by atoms with Crippen LogP contribution in [0, 0.1) is 11.3 Å². The van der Waals surface area contributed by atoms with E-state index in [1.54, 1.807) is 6.07 Å². The Kier molecular flexibility index (Phi) is 6.33. The van der Waals surface area contributed by atoms with Crippen LogP contribution in [0.25, 0.3) is 0 Å². The van der Waals surface area contributed by atoms with E-state index < -0.39 is 10.0 Å². The maximum atomic E-state index is 12.5. The molecule has 0 aromatic heterocycles. The second kappa shape index (κ2) is 8.47. The number of anilines is 1. The number of nitriles is 1. The third-order valence-corrected chi connectivity index (χ3v) is 4.90. The molecule has 2 N–H and O–H groups in total. The zero-order valence-electron chi connectivity index (χ0n) is 14.6. The second-order valence-electron chi connectivity index (χ2n) is 5.88. The van der Waals surface area contributed by atoms with Gasteiger partial charge in [0.25, 0.3) is 15.9 Å². The number of hydrogen-bond donors (Lipinski definition) is 2. The van der Waals surface area contributed by atoms with Gasteiger partial charge in [-0.1, -0.05) is 6.07 Å². The summed E-state index contributed by atoms with van der Waals surface area (Å²) in [7, 11) is -0.0500. The van der Waals surface area contributed by atoms with Crippen LogP contribution in [0.5, 0.6) is 0 Å². The Morgan fingerprint density at radius 2 is 1.85 bits per heavy atom. The van der Waals surface area contributed by atoms with E-state index in [0.717, 1.165) is 0 Å². The number of nitrogens with one attached hydrogen (secondary N) is 2. The third kappa shape index (κ3) is 5.31. The Balaban J connectivity index is 2.14. The average molecular weight is 372 g/mol. The summed E-state index contributed by atoms with van der Waals surface area (Å²) >= 11 is 0. The lowest BCUT2D eigenvalue weighted by atomic mass is 10.2. The molecule has 2 aromatic carbocycles. The van der Waals surface area contributed by atoms with Crippen molar-refractivity contribution in [2.45, 2.75) is 4.90 Å². The summed E-state index contributed by atoms with van der Waals surface area (Å²) in [6.07, 6.45) is 0. The van der Waals surface area contributed by atoms with Crippen LogP contribution in [-0.4, -0.2) is 46.4 Å². The van der Waals surface area contributed by atoms with Crippen molar-refractivity contribution in [3.05, 3.63) is 59.7 Å². The molecule has 0 unspecified atom stereocenters. The lowest BCUT2D eigenvalue weighted by Gasteiger charge is -2.11. The van der Waals surface area contributed by atoms with E-state index in [0.29, 0.717) is 24.3 Å². The van der Waals surface area contributed by atoms with Crippen molar-refractivity contribution in [3.63, 3.8) is 0 Å². The number of hydrogen-bond acceptors (Lipinski definition) is 5. The van der Waals surface area contributed by atoms with Crippen LogP contribution in [0.1, 0.15) is 15.9 Å². The van der Waals surface area contributed by atoms with Gasteiger partial charge in [0.2, 0.25) is 0 Å². The first-order valence-electron chi connectivity index (χ1n) is 7.88. The molecule has 0 heterocycles. The van der Waals surface area contributed by atoms with Gasteiger partial charge < -0.3 is 10.2 Å². The molecule has 0 fully saturated rings. The number of benzene rings is 2. The molecule has 0 aliphatic carbocycles. The van der Waals surface area contributed by atoms with Crippen LogP contribution < -0.4 is 10.0 Å². The highest BCUT2D eigenvalue weighted by Crippen LogP contribution is 2.17. The number of likely N-dealkylation sites (N-methyl/N-ethyl adjacent to an activating group) is 1. The Morgan fingerprint density at radius 3 is 2.46 bits per heavy atom. The first-order valence-corrected chi connectivity index (χ1v) is 9.36. The summed E-state index contributed by atoms with van der Waals surface area (Å²) in [4.78, 5) is 14.1. The molecular weight excluding hydrogens is 352 g/mol. The van der Waals surface area contributed by atoms with Crippen LogP contribution in [0.3, 0.4) is 0 Å². The number of carbonyl (C=O) groups is 1. The highest BCUT2D eigenvalue weighted by molar-refractivity contribution is 7.92. The van der Waals surface area contributed by atoms with E-state index in [1.807, 2.05) is 25.1 Å². The normalized spacial score (nSPS) is 11.0. The molecule has 0 saturated heterocycles. The van der Waals surface area contributed by atoms with E-state index in [4.69, 9.17) is 5.26 Å².